The van der Waals surface area contributed by atoms with Crippen molar-refractivity contribution >= 4 is 5.97 Å². The molecule has 1 aliphatic rings. The number of carbonyl (C=O) groups is 1. The van der Waals surface area contributed by atoms with Gasteiger partial charge in [0.05, 0.1) is 18.9 Å². The summed E-state index contributed by atoms with van der Waals surface area (Å²) in [5.74, 6) is 0.0181. The second kappa shape index (κ2) is 7.30. The minimum Gasteiger partial charge on any atom is -0.497 e. The first kappa shape index (κ1) is 18.0. The third-order valence-corrected chi connectivity index (χ3v) is 5.06. The number of ether oxygens (including phenoxy) is 2. The molecule has 0 saturated carbocycles. The topological polar surface area (TPSA) is 47.6 Å². The van der Waals surface area contributed by atoms with Gasteiger partial charge in [0.25, 0.3) is 0 Å². The molecule has 1 N–H and O–H groups in total. The Balaban J connectivity index is 2.77. The fourth-order valence-corrected chi connectivity index (χ4v) is 3.08. The molecule has 122 valence electrons. The number of rotatable bonds is 6. The summed E-state index contributed by atoms with van der Waals surface area (Å²) in [4.78, 5) is 11.3. The van der Waals surface area contributed by atoms with Gasteiger partial charge in [0.1, 0.15) is 6.10 Å². The fourth-order valence-electron chi connectivity index (χ4n) is 3.08. The van der Waals surface area contributed by atoms with E-state index in [4.69, 9.17) is 9.47 Å². The molecule has 0 spiro atoms. The predicted octanol–water partition coefficient (Wildman–Crippen LogP) is 3.42. The van der Waals surface area contributed by atoms with Gasteiger partial charge >= 0.3 is 5.97 Å². The van der Waals surface area contributed by atoms with Crippen LogP contribution in [-0.2, 0) is 14.3 Å². The third-order valence-electron chi connectivity index (χ3n) is 5.06. The van der Waals surface area contributed by atoms with Crippen molar-refractivity contribution in [1.29, 1.82) is 0 Å². The van der Waals surface area contributed by atoms with Crippen LogP contribution in [0.3, 0.4) is 0 Å². The van der Waals surface area contributed by atoms with Crippen molar-refractivity contribution in [3.05, 3.63) is 12.3 Å². The van der Waals surface area contributed by atoms with E-state index in [1.54, 1.807) is 6.92 Å². The van der Waals surface area contributed by atoms with Crippen molar-refractivity contribution in [1.82, 2.24) is 5.32 Å². The van der Waals surface area contributed by atoms with Gasteiger partial charge in [-0.15, -0.1) is 0 Å². The second-order valence-electron chi connectivity index (χ2n) is 6.53. The highest BCUT2D eigenvalue weighted by Crippen LogP contribution is 2.38. The molecule has 0 aliphatic carbocycles. The SMILES string of the molecule is CCOC(=O)C=COC1CC(C)(CC)NC(C)(CC)C1C. The largest absolute Gasteiger partial charge is 0.497 e. The van der Waals surface area contributed by atoms with E-state index in [1.807, 2.05) is 0 Å². The number of hydrogen-bond donors (Lipinski definition) is 1. The van der Waals surface area contributed by atoms with Crippen molar-refractivity contribution < 1.29 is 14.3 Å². The Morgan fingerprint density at radius 3 is 2.48 bits per heavy atom. The zero-order valence-corrected chi connectivity index (χ0v) is 14.4. The molecule has 1 aliphatic heterocycles. The van der Waals surface area contributed by atoms with Gasteiger partial charge in [0, 0.05) is 23.4 Å². The number of esters is 1. The van der Waals surface area contributed by atoms with E-state index in [0.29, 0.717) is 12.5 Å². The van der Waals surface area contributed by atoms with Crippen LogP contribution >= 0.6 is 0 Å². The zero-order chi connectivity index (χ0) is 16.1. The highest BCUT2D eigenvalue weighted by molar-refractivity contribution is 5.81. The molecule has 1 saturated heterocycles. The first-order valence-electron chi connectivity index (χ1n) is 8.08. The Morgan fingerprint density at radius 2 is 1.95 bits per heavy atom. The lowest BCUT2D eigenvalue weighted by Gasteiger charge is -2.52. The summed E-state index contributed by atoms with van der Waals surface area (Å²) in [6, 6.07) is 0. The quantitative estimate of drug-likeness (QED) is 0.463. The Morgan fingerprint density at radius 1 is 1.29 bits per heavy atom. The second-order valence-corrected chi connectivity index (χ2v) is 6.53. The van der Waals surface area contributed by atoms with Gasteiger partial charge in [-0.1, -0.05) is 20.8 Å². The number of hydrogen-bond acceptors (Lipinski definition) is 4. The molecule has 0 radical (unpaired) electrons. The van der Waals surface area contributed by atoms with Crippen LogP contribution in [0.2, 0.25) is 0 Å². The van der Waals surface area contributed by atoms with Crippen molar-refractivity contribution in [2.45, 2.75) is 78.0 Å². The van der Waals surface area contributed by atoms with E-state index in [9.17, 15) is 4.79 Å². The van der Waals surface area contributed by atoms with Crippen molar-refractivity contribution in [2.24, 2.45) is 5.92 Å². The molecule has 0 aromatic carbocycles. The summed E-state index contributed by atoms with van der Waals surface area (Å²) in [5, 5.41) is 3.81. The molecule has 4 atom stereocenters. The summed E-state index contributed by atoms with van der Waals surface area (Å²) < 4.78 is 10.7. The maximum Gasteiger partial charge on any atom is 0.333 e. The van der Waals surface area contributed by atoms with Crippen LogP contribution in [0.1, 0.15) is 60.8 Å². The smallest absolute Gasteiger partial charge is 0.333 e. The summed E-state index contributed by atoms with van der Waals surface area (Å²) >= 11 is 0. The van der Waals surface area contributed by atoms with E-state index in [-0.39, 0.29) is 23.2 Å². The number of nitrogens with one attached hydrogen (secondary N) is 1. The molecular weight excluding hydrogens is 266 g/mol. The minimum atomic E-state index is -0.351. The van der Waals surface area contributed by atoms with Crippen molar-refractivity contribution in [3.63, 3.8) is 0 Å². The monoisotopic (exact) mass is 297 g/mol. The lowest BCUT2D eigenvalue weighted by atomic mass is 9.70. The fraction of sp³-hybridized carbons (Fsp3) is 0.824. The van der Waals surface area contributed by atoms with Crippen LogP contribution in [0, 0.1) is 5.92 Å². The standard InChI is InChI=1S/C17H31NO3/c1-7-16(5)12-14(13(4)17(6,8-2)18-16)21-11-10-15(19)20-9-3/h10-11,13-14,18H,7-9,12H2,1-6H3. The molecular formula is C17H31NO3. The molecule has 0 bridgehead atoms. The summed E-state index contributed by atoms with van der Waals surface area (Å²) in [6.45, 7) is 13.3. The molecule has 4 nitrogen and oxygen atoms in total. The third kappa shape index (κ3) is 4.47. The molecule has 21 heavy (non-hydrogen) atoms. The van der Waals surface area contributed by atoms with E-state index in [0.717, 1.165) is 19.3 Å². The van der Waals surface area contributed by atoms with Crippen LogP contribution < -0.4 is 5.32 Å². The van der Waals surface area contributed by atoms with Crippen LogP contribution in [-0.4, -0.2) is 29.8 Å². The Bertz CT molecular complexity index is 382. The Kier molecular flexibility index (Phi) is 6.26. The van der Waals surface area contributed by atoms with Gasteiger partial charge < -0.3 is 14.8 Å². The van der Waals surface area contributed by atoms with Crippen molar-refractivity contribution in [2.75, 3.05) is 6.61 Å². The van der Waals surface area contributed by atoms with E-state index in [2.05, 4.69) is 39.9 Å². The predicted molar refractivity (Wildman–Crippen MR) is 85.0 cm³/mol. The van der Waals surface area contributed by atoms with Gasteiger partial charge in [-0.05, 0) is 33.6 Å². The lowest BCUT2D eigenvalue weighted by molar-refractivity contribution is -0.137. The summed E-state index contributed by atoms with van der Waals surface area (Å²) in [5.41, 5.74) is 0.116. The lowest BCUT2D eigenvalue weighted by Crippen LogP contribution is -2.66. The molecule has 1 fully saturated rings. The first-order valence-corrected chi connectivity index (χ1v) is 8.08. The molecule has 0 aromatic heterocycles. The average Bonchev–Trinajstić information content (AvgIpc) is 2.44. The van der Waals surface area contributed by atoms with Gasteiger partial charge in [0.15, 0.2) is 0 Å². The van der Waals surface area contributed by atoms with E-state index in [1.165, 1.54) is 12.3 Å². The molecule has 1 heterocycles. The van der Waals surface area contributed by atoms with Gasteiger partial charge in [-0.3, -0.25) is 0 Å². The summed E-state index contributed by atoms with van der Waals surface area (Å²) in [6.07, 6.45) is 6.00. The normalized spacial score (nSPS) is 36.7. The van der Waals surface area contributed by atoms with Crippen LogP contribution in [0.25, 0.3) is 0 Å². The number of carbonyl (C=O) groups excluding carboxylic acids is 1. The molecule has 1 rings (SSSR count). The molecule has 4 unspecified atom stereocenters. The maximum atomic E-state index is 11.3. The minimum absolute atomic E-state index is 0.0471. The van der Waals surface area contributed by atoms with Gasteiger partial charge in [0.2, 0.25) is 0 Å². The molecule has 0 aromatic rings. The van der Waals surface area contributed by atoms with Crippen LogP contribution in [0.15, 0.2) is 12.3 Å². The highest BCUT2D eigenvalue weighted by atomic mass is 16.5. The summed E-state index contributed by atoms with van der Waals surface area (Å²) in [7, 11) is 0. The van der Waals surface area contributed by atoms with Gasteiger partial charge in [-0.25, -0.2) is 4.79 Å². The number of piperidine rings is 1. The van der Waals surface area contributed by atoms with Gasteiger partial charge in [-0.2, -0.15) is 0 Å². The van der Waals surface area contributed by atoms with Crippen LogP contribution in [0.5, 0.6) is 0 Å². The Labute approximate surface area is 129 Å². The first-order chi connectivity index (χ1) is 9.80. The highest BCUT2D eigenvalue weighted by Gasteiger charge is 2.46. The van der Waals surface area contributed by atoms with E-state index >= 15 is 0 Å². The van der Waals surface area contributed by atoms with Crippen LogP contribution in [0.4, 0.5) is 0 Å². The maximum absolute atomic E-state index is 11.3. The molecule has 0 amide bonds. The van der Waals surface area contributed by atoms with E-state index < -0.39 is 0 Å². The Hall–Kier alpha value is -1.03. The molecule has 4 heteroatoms. The zero-order valence-electron chi connectivity index (χ0n) is 14.4. The average molecular weight is 297 g/mol. The van der Waals surface area contributed by atoms with Crippen molar-refractivity contribution in [3.8, 4) is 0 Å².